The number of anilines is 1. The van der Waals surface area contributed by atoms with Gasteiger partial charge < -0.3 is 16.0 Å². The molecule has 0 aliphatic rings. The Labute approximate surface area is 107 Å². The molecule has 1 heterocycles. The molecule has 6 heteroatoms. The van der Waals surface area contributed by atoms with E-state index in [2.05, 4.69) is 41.4 Å². The van der Waals surface area contributed by atoms with Gasteiger partial charge in [-0.25, -0.2) is 0 Å². The summed E-state index contributed by atoms with van der Waals surface area (Å²) in [5.41, 5.74) is 6.37. The van der Waals surface area contributed by atoms with Crippen LogP contribution in [-0.2, 0) is 0 Å². The molecule has 0 aliphatic heterocycles. The molecule has 94 valence electrons. The van der Waals surface area contributed by atoms with Gasteiger partial charge in [0, 0.05) is 6.04 Å². The first-order valence-corrected chi connectivity index (χ1v) is 5.94. The fourth-order valence-corrected chi connectivity index (χ4v) is 1.56. The Balaban J connectivity index is 2.64. The molecule has 0 aliphatic carbocycles. The first-order chi connectivity index (χ1) is 8.00. The molecule has 0 saturated heterocycles. The third kappa shape index (κ3) is 4.62. The highest BCUT2D eigenvalue weighted by molar-refractivity contribution is 7.80. The fourth-order valence-electron chi connectivity index (χ4n) is 1.39. The molecule has 17 heavy (non-hydrogen) atoms. The first-order valence-electron chi connectivity index (χ1n) is 5.53. The molecule has 0 aromatic carbocycles. The van der Waals surface area contributed by atoms with Crippen LogP contribution in [0.15, 0.2) is 12.3 Å². The van der Waals surface area contributed by atoms with Gasteiger partial charge in [-0.3, -0.25) is 0 Å². The number of hydrogen-bond donors (Lipinski definition) is 2. The Kier molecular flexibility index (Phi) is 5.24. The summed E-state index contributed by atoms with van der Waals surface area (Å²) in [5.74, 6) is 0.659. The minimum atomic E-state index is 0.294. The topological polar surface area (TPSA) is 67.1 Å². The predicted molar refractivity (Wildman–Crippen MR) is 74.2 cm³/mol. The molecule has 1 atom stereocenters. The van der Waals surface area contributed by atoms with Gasteiger partial charge in [-0.2, -0.15) is 5.10 Å². The van der Waals surface area contributed by atoms with E-state index in [4.69, 9.17) is 18.0 Å². The molecule has 1 unspecified atom stereocenters. The molecule has 0 saturated carbocycles. The van der Waals surface area contributed by atoms with E-state index in [0.29, 0.717) is 16.8 Å². The Morgan fingerprint density at radius 2 is 2.29 bits per heavy atom. The average Bonchev–Trinajstić information content (AvgIpc) is 2.27. The summed E-state index contributed by atoms with van der Waals surface area (Å²) in [6.07, 6.45) is 2.60. The molecular formula is C11H19N5S. The molecule has 0 bridgehead atoms. The van der Waals surface area contributed by atoms with Gasteiger partial charge in [0.2, 0.25) is 0 Å². The second kappa shape index (κ2) is 6.46. The highest BCUT2D eigenvalue weighted by Crippen LogP contribution is 2.12. The van der Waals surface area contributed by atoms with Crippen molar-refractivity contribution in [2.45, 2.75) is 19.4 Å². The lowest BCUT2D eigenvalue weighted by atomic mass is 10.2. The third-order valence-electron chi connectivity index (χ3n) is 2.38. The molecule has 3 N–H and O–H groups in total. The zero-order valence-electron chi connectivity index (χ0n) is 10.5. The van der Waals surface area contributed by atoms with Crippen LogP contribution in [0.25, 0.3) is 0 Å². The largest absolute Gasteiger partial charge is 0.389 e. The number of nitrogens with one attached hydrogen (secondary N) is 1. The minimum Gasteiger partial charge on any atom is -0.389 e. The Hall–Kier alpha value is -1.27. The fraction of sp³-hybridized carbons (Fsp3) is 0.545. The lowest BCUT2D eigenvalue weighted by molar-refractivity contribution is 0.390. The maximum absolute atomic E-state index is 5.63. The van der Waals surface area contributed by atoms with Crippen molar-refractivity contribution in [2.24, 2.45) is 5.73 Å². The van der Waals surface area contributed by atoms with Crippen LogP contribution >= 0.6 is 12.2 Å². The number of rotatable bonds is 6. The number of nitrogens with two attached hydrogens (primary N) is 1. The summed E-state index contributed by atoms with van der Waals surface area (Å²) in [5, 5.41) is 11.1. The number of nitrogens with zero attached hydrogens (tertiary/aromatic N) is 3. The Bertz CT molecular complexity index is 380. The van der Waals surface area contributed by atoms with Crippen molar-refractivity contribution in [2.75, 3.05) is 26.0 Å². The van der Waals surface area contributed by atoms with Crippen molar-refractivity contribution in [1.29, 1.82) is 0 Å². The second-order valence-corrected chi connectivity index (χ2v) is 4.73. The molecule has 0 radical (unpaired) electrons. The van der Waals surface area contributed by atoms with Gasteiger partial charge in [0.25, 0.3) is 0 Å². The quantitative estimate of drug-likeness (QED) is 0.733. The summed E-state index contributed by atoms with van der Waals surface area (Å²) < 4.78 is 0. The smallest absolute Gasteiger partial charge is 0.159 e. The lowest BCUT2D eigenvalue weighted by Gasteiger charge is -2.18. The Morgan fingerprint density at radius 3 is 2.88 bits per heavy atom. The van der Waals surface area contributed by atoms with Gasteiger partial charge in [0.05, 0.1) is 11.8 Å². The van der Waals surface area contributed by atoms with Crippen LogP contribution in [0.5, 0.6) is 0 Å². The predicted octanol–water partition coefficient (Wildman–Crippen LogP) is 0.863. The van der Waals surface area contributed by atoms with Gasteiger partial charge >= 0.3 is 0 Å². The van der Waals surface area contributed by atoms with Crippen molar-refractivity contribution < 1.29 is 0 Å². The van der Waals surface area contributed by atoms with Crippen LogP contribution in [0, 0.1) is 0 Å². The van der Waals surface area contributed by atoms with E-state index in [1.165, 1.54) is 0 Å². The SMILES string of the molecule is CC(CCN(C)C)Nc1nnccc1C(N)=S. The summed E-state index contributed by atoms with van der Waals surface area (Å²) in [7, 11) is 4.10. The zero-order chi connectivity index (χ0) is 12.8. The monoisotopic (exact) mass is 253 g/mol. The van der Waals surface area contributed by atoms with Crippen molar-refractivity contribution in [1.82, 2.24) is 15.1 Å². The summed E-state index contributed by atoms with van der Waals surface area (Å²) in [4.78, 5) is 2.48. The van der Waals surface area contributed by atoms with Crippen LogP contribution < -0.4 is 11.1 Å². The summed E-state index contributed by atoms with van der Waals surface area (Å²) in [6, 6.07) is 2.07. The third-order valence-corrected chi connectivity index (χ3v) is 2.60. The number of aromatic nitrogens is 2. The average molecular weight is 253 g/mol. The van der Waals surface area contributed by atoms with Crippen LogP contribution in [-0.4, -0.2) is 46.8 Å². The highest BCUT2D eigenvalue weighted by atomic mass is 32.1. The second-order valence-electron chi connectivity index (χ2n) is 4.30. The van der Waals surface area contributed by atoms with Crippen molar-refractivity contribution in [3.8, 4) is 0 Å². The number of thiocarbonyl (C=S) groups is 1. The molecule has 5 nitrogen and oxygen atoms in total. The van der Waals surface area contributed by atoms with Crippen LogP contribution in [0.1, 0.15) is 18.9 Å². The standard InChI is InChI=1S/C11H19N5S/c1-8(5-7-16(2)3)14-11-9(10(12)17)4-6-13-15-11/h4,6,8H,5,7H2,1-3H3,(H2,12,17)(H,14,15). The van der Waals surface area contributed by atoms with E-state index < -0.39 is 0 Å². The molecule has 1 aromatic heterocycles. The van der Waals surface area contributed by atoms with Crippen LogP contribution in [0.3, 0.4) is 0 Å². The minimum absolute atomic E-state index is 0.294. The van der Waals surface area contributed by atoms with E-state index in [9.17, 15) is 0 Å². The van der Waals surface area contributed by atoms with Gasteiger partial charge in [-0.15, -0.1) is 5.10 Å². The van der Waals surface area contributed by atoms with E-state index in [1.54, 1.807) is 12.3 Å². The van der Waals surface area contributed by atoms with Crippen molar-refractivity contribution >= 4 is 23.0 Å². The van der Waals surface area contributed by atoms with Gasteiger partial charge in [-0.1, -0.05) is 12.2 Å². The van der Waals surface area contributed by atoms with Crippen LogP contribution in [0.4, 0.5) is 5.82 Å². The van der Waals surface area contributed by atoms with Gasteiger partial charge in [0.1, 0.15) is 4.99 Å². The molecule has 1 aromatic rings. The van der Waals surface area contributed by atoms with Gasteiger partial charge in [0.15, 0.2) is 5.82 Å². The molecule has 0 fully saturated rings. The lowest BCUT2D eigenvalue weighted by Crippen LogP contribution is -2.25. The molecule has 0 amide bonds. The normalized spacial score (nSPS) is 12.5. The first kappa shape index (κ1) is 13.8. The number of hydrogen-bond acceptors (Lipinski definition) is 5. The summed E-state index contributed by atoms with van der Waals surface area (Å²) in [6.45, 7) is 3.11. The maximum Gasteiger partial charge on any atom is 0.159 e. The molecular weight excluding hydrogens is 234 g/mol. The maximum atomic E-state index is 5.63. The van der Waals surface area contributed by atoms with Crippen LogP contribution in [0.2, 0.25) is 0 Å². The van der Waals surface area contributed by atoms with E-state index in [0.717, 1.165) is 18.5 Å². The highest BCUT2D eigenvalue weighted by Gasteiger charge is 2.09. The van der Waals surface area contributed by atoms with Crippen molar-refractivity contribution in [3.05, 3.63) is 17.8 Å². The van der Waals surface area contributed by atoms with E-state index in [1.807, 2.05) is 0 Å². The Morgan fingerprint density at radius 1 is 1.59 bits per heavy atom. The van der Waals surface area contributed by atoms with Crippen molar-refractivity contribution in [3.63, 3.8) is 0 Å². The van der Waals surface area contributed by atoms with E-state index in [-0.39, 0.29) is 0 Å². The van der Waals surface area contributed by atoms with E-state index >= 15 is 0 Å². The molecule has 0 spiro atoms. The van der Waals surface area contributed by atoms with Gasteiger partial charge in [-0.05, 0) is 40.1 Å². The zero-order valence-corrected chi connectivity index (χ0v) is 11.3. The molecule has 1 rings (SSSR count). The summed E-state index contributed by atoms with van der Waals surface area (Å²) >= 11 is 4.97.